The van der Waals surface area contributed by atoms with Crippen molar-refractivity contribution < 1.29 is 9.59 Å². The minimum absolute atomic E-state index is 0.0562. The molecule has 1 aliphatic heterocycles. The van der Waals surface area contributed by atoms with E-state index in [2.05, 4.69) is 31.4 Å². The maximum absolute atomic E-state index is 12.2. The Balaban J connectivity index is 2.47. The molecular weight excluding hydrogens is 242 g/mol. The number of likely N-dealkylation sites (tertiary alicyclic amines) is 1. The molecule has 2 unspecified atom stereocenters. The molecule has 0 aromatic carbocycles. The first-order chi connectivity index (χ1) is 8.97. The van der Waals surface area contributed by atoms with E-state index in [1.807, 2.05) is 0 Å². The first-order valence-electron chi connectivity index (χ1n) is 7.29. The Morgan fingerprint density at radius 3 is 2.68 bits per heavy atom. The lowest BCUT2D eigenvalue weighted by Gasteiger charge is -2.24. The predicted molar refractivity (Wildman–Crippen MR) is 75.7 cm³/mol. The topological polar surface area (TPSA) is 61.4 Å². The minimum atomic E-state index is -0.375. The molecule has 1 fully saturated rings. The van der Waals surface area contributed by atoms with Crippen LogP contribution in [0.15, 0.2) is 0 Å². The van der Waals surface area contributed by atoms with Crippen molar-refractivity contribution in [2.24, 2.45) is 5.92 Å². The molecule has 5 heteroatoms. The van der Waals surface area contributed by atoms with Crippen LogP contribution in [0, 0.1) is 5.92 Å². The van der Waals surface area contributed by atoms with Crippen LogP contribution in [0.4, 0.5) is 0 Å². The highest BCUT2D eigenvalue weighted by atomic mass is 16.2. The zero-order valence-electron chi connectivity index (χ0n) is 12.5. The molecule has 2 amide bonds. The highest BCUT2D eigenvalue weighted by Gasteiger charge is 2.36. The average molecular weight is 269 g/mol. The molecule has 110 valence electrons. The molecule has 2 atom stereocenters. The molecule has 1 rings (SSSR count). The van der Waals surface area contributed by atoms with Gasteiger partial charge in [0, 0.05) is 13.1 Å². The number of hydrogen-bond donors (Lipinski definition) is 2. The van der Waals surface area contributed by atoms with E-state index in [1.165, 1.54) is 0 Å². The van der Waals surface area contributed by atoms with E-state index in [9.17, 15) is 9.59 Å². The summed E-state index contributed by atoms with van der Waals surface area (Å²) in [7, 11) is 0. The lowest BCUT2D eigenvalue weighted by molar-refractivity contribution is -0.137. The van der Waals surface area contributed by atoms with Crippen LogP contribution in [-0.2, 0) is 9.59 Å². The van der Waals surface area contributed by atoms with Crippen molar-refractivity contribution in [2.45, 2.75) is 52.6 Å². The van der Waals surface area contributed by atoms with Crippen LogP contribution in [-0.4, -0.2) is 48.4 Å². The Kier molecular flexibility index (Phi) is 6.28. The highest BCUT2D eigenvalue weighted by Crippen LogP contribution is 2.14. The number of hydrogen-bond acceptors (Lipinski definition) is 3. The number of carbonyl (C=O) groups is 2. The molecule has 0 aromatic rings. The van der Waals surface area contributed by atoms with Crippen molar-refractivity contribution in [3.8, 4) is 0 Å². The van der Waals surface area contributed by atoms with E-state index >= 15 is 0 Å². The quantitative estimate of drug-likeness (QED) is 0.717. The van der Waals surface area contributed by atoms with Crippen molar-refractivity contribution in [3.63, 3.8) is 0 Å². The molecule has 19 heavy (non-hydrogen) atoms. The van der Waals surface area contributed by atoms with Gasteiger partial charge >= 0.3 is 0 Å². The molecular formula is C14H27N3O2. The van der Waals surface area contributed by atoms with Gasteiger partial charge in [0.15, 0.2) is 0 Å². The third-order valence-corrected chi connectivity index (χ3v) is 3.41. The van der Waals surface area contributed by atoms with Gasteiger partial charge in [0.1, 0.15) is 6.04 Å². The predicted octanol–water partition coefficient (Wildman–Crippen LogP) is 0.748. The van der Waals surface area contributed by atoms with Crippen LogP contribution in [0.3, 0.4) is 0 Å². The van der Waals surface area contributed by atoms with Crippen molar-refractivity contribution in [1.82, 2.24) is 15.5 Å². The van der Waals surface area contributed by atoms with E-state index < -0.39 is 0 Å². The second-order valence-corrected chi connectivity index (χ2v) is 5.64. The Morgan fingerprint density at radius 1 is 1.42 bits per heavy atom. The van der Waals surface area contributed by atoms with Crippen molar-refractivity contribution >= 4 is 11.8 Å². The van der Waals surface area contributed by atoms with Gasteiger partial charge in [-0.25, -0.2) is 0 Å². The van der Waals surface area contributed by atoms with E-state index in [0.29, 0.717) is 19.0 Å². The Labute approximate surface area is 116 Å². The molecule has 5 nitrogen and oxygen atoms in total. The number of amides is 2. The SMILES string of the molecule is CCCNC1CCN(C(C)C(=O)NCC(C)C)C1=O. The smallest absolute Gasteiger partial charge is 0.242 e. The molecule has 1 saturated heterocycles. The zero-order chi connectivity index (χ0) is 14.4. The number of nitrogens with zero attached hydrogens (tertiary/aromatic N) is 1. The maximum Gasteiger partial charge on any atom is 0.242 e. The fraction of sp³-hybridized carbons (Fsp3) is 0.857. The molecule has 0 bridgehead atoms. The van der Waals surface area contributed by atoms with Gasteiger partial charge in [0.25, 0.3) is 0 Å². The summed E-state index contributed by atoms with van der Waals surface area (Å²) in [6.45, 7) is 10.1. The molecule has 1 aliphatic rings. The van der Waals surface area contributed by atoms with Crippen LogP contribution in [0.2, 0.25) is 0 Å². The maximum atomic E-state index is 12.2. The fourth-order valence-corrected chi connectivity index (χ4v) is 2.19. The third kappa shape index (κ3) is 4.49. The van der Waals surface area contributed by atoms with Crippen molar-refractivity contribution in [1.29, 1.82) is 0 Å². The normalized spacial score (nSPS) is 21.0. The monoisotopic (exact) mass is 269 g/mol. The van der Waals surface area contributed by atoms with Gasteiger partial charge in [-0.05, 0) is 32.2 Å². The van der Waals surface area contributed by atoms with Crippen LogP contribution in [0.25, 0.3) is 0 Å². The zero-order valence-corrected chi connectivity index (χ0v) is 12.5. The van der Waals surface area contributed by atoms with Crippen LogP contribution < -0.4 is 10.6 Å². The lowest BCUT2D eigenvalue weighted by atomic mass is 10.2. The largest absolute Gasteiger partial charge is 0.354 e. The number of carbonyl (C=O) groups excluding carboxylic acids is 2. The average Bonchev–Trinajstić information content (AvgIpc) is 2.73. The first kappa shape index (κ1) is 16.0. The van der Waals surface area contributed by atoms with Crippen LogP contribution in [0.1, 0.15) is 40.5 Å². The Morgan fingerprint density at radius 2 is 2.11 bits per heavy atom. The Hall–Kier alpha value is -1.10. The van der Waals surface area contributed by atoms with Gasteiger partial charge in [-0.15, -0.1) is 0 Å². The van der Waals surface area contributed by atoms with Crippen LogP contribution in [0.5, 0.6) is 0 Å². The molecule has 0 aromatic heterocycles. The van der Waals surface area contributed by atoms with E-state index in [1.54, 1.807) is 11.8 Å². The summed E-state index contributed by atoms with van der Waals surface area (Å²) in [5, 5.41) is 6.12. The summed E-state index contributed by atoms with van der Waals surface area (Å²) in [4.78, 5) is 25.8. The summed E-state index contributed by atoms with van der Waals surface area (Å²) in [6, 6.07) is -0.486. The highest BCUT2D eigenvalue weighted by molar-refractivity contribution is 5.90. The van der Waals surface area contributed by atoms with Crippen LogP contribution >= 0.6 is 0 Å². The van der Waals surface area contributed by atoms with Gasteiger partial charge in [-0.3, -0.25) is 9.59 Å². The molecule has 0 saturated carbocycles. The second kappa shape index (κ2) is 7.48. The second-order valence-electron chi connectivity index (χ2n) is 5.64. The standard InChI is InChI=1S/C14H27N3O2/c1-5-7-15-12-6-8-17(14(12)19)11(4)13(18)16-9-10(2)3/h10-12,15H,5-9H2,1-4H3,(H,16,18). The summed E-state index contributed by atoms with van der Waals surface area (Å²) in [6.07, 6.45) is 1.80. The molecule has 0 spiro atoms. The molecule has 1 heterocycles. The summed E-state index contributed by atoms with van der Waals surface area (Å²) in [5.74, 6) is 0.420. The van der Waals surface area contributed by atoms with Gasteiger partial charge in [0.05, 0.1) is 6.04 Å². The van der Waals surface area contributed by atoms with Crippen molar-refractivity contribution in [3.05, 3.63) is 0 Å². The minimum Gasteiger partial charge on any atom is -0.354 e. The van der Waals surface area contributed by atoms with Gasteiger partial charge in [-0.2, -0.15) is 0 Å². The van der Waals surface area contributed by atoms with Gasteiger partial charge < -0.3 is 15.5 Å². The summed E-state index contributed by atoms with van der Waals surface area (Å²) < 4.78 is 0. The first-order valence-corrected chi connectivity index (χ1v) is 7.29. The third-order valence-electron chi connectivity index (χ3n) is 3.41. The van der Waals surface area contributed by atoms with E-state index in [-0.39, 0.29) is 23.9 Å². The summed E-state index contributed by atoms with van der Waals surface area (Å²) >= 11 is 0. The van der Waals surface area contributed by atoms with E-state index in [4.69, 9.17) is 0 Å². The fourth-order valence-electron chi connectivity index (χ4n) is 2.19. The van der Waals surface area contributed by atoms with Gasteiger partial charge in [0.2, 0.25) is 11.8 Å². The number of nitrogens with one attached hydrogen (secondary N) is 2. The molecule has 0 radical (unpaired) electrons. The van der Waals surface area contributed by atoms with Crippen molar-refractivity contribution in [2.75, 3.05) is 19.6 Å². The van der Waals surface area contributed by atoms with E-state index in [0.717, 1.165) is 19.4 Å². The van der Waals surface area contributed by atoms with Gasteiger partial charge in [-0.1, -0.05) is 20.8 Å². The Bertz CT molecular complexity index is 318. The molecule has 0 aliphatic carbocycles. The number of rotatable bonds is 7. The lowest BCUT2D eigenvalue weighted by Crippen LogP contribution is -2.49. The molecule has 2 N–H and O–H groups in total. The summed E-state index contributed by atoms with van der Waals surface area (Å²) in [5.41, 5.74) is 0.